The summed E-state index contributed by atoms with van der Waals surface area (Å²) in [6, 6.07) is 0. The van der Waals surface area contributed by atoms with E-state index in [0.29, 0.717) is 5.54 Å². The predicted molar refractivity (Wildman–Crippen MR) is 61.2 cm³/mol. The van der Waals surface area contributed by atoms with Gasteiger partial charge < -0.3 is 5.73 Å². The lowest BCUT2D eigenvalue weighted by Crippen LogP contribution is -2.53. The summed E-state index contributed by atoms with van der Waals surface area (Å²) in [6.07, 6.45) is 1.26. The first-order chi connectivity index (χ1) is 6.10. The van der Waals surface area contributed by atoms with E-state index in [1.54, 1.807) is 0 Å². The largest absolute Gasteiger partial charge is 0.329 e. The highest BCUT2D eigenvalue weighted by Gasteiger charge is 2.36. The Kier molecular flexibility index (Phi) is 4.07. The number of hydrogen-bond acceptors (Lipinski definition) is 3. The molecule has 2 N–H and O–H groups in total. The molecule has 1 aliphatic rings. The lowest BCUT2D eigenvalue weighted by molar-refractivity contribution is 0.135. The molecule has 0 aromatic carbocycles. The Morgan fingerprint density at radius 2 is 2.23 bits per heavy atom. The first-order valence-electron chi connectivity index (χ1n) is 5.10. The van der Waals surface area contributed by atoms with Gasteiger partial charge in [0.1, 0.15) is 0 Å². The topological polar surface area (TPSA) is 29.3 Å². The molecular weight excluding hydrogens is 180 g/mol. The van der Waals surface area contributed by atoms with Crippen LogP contribution in [0.2, 0.25) is 0 Å². The third kappa shape index (κ3) is 2.61. The number of hydrogen-bond donors (Lipinski definition) is 1. The van der Waals surface area contributed by atoms with E-state index >= 15 is 0 Å². The molecule has 0 amide bonds. The molecule has 0 saturated carbocycles. The van der Waals surface area contributed by atoms with Crippen molar-refractivity contribution < 1.29 is 0 Å². The molecule has 0 aliphatic carbocycles. The number of likely N-dealkylation sites (N-methyl/N-ethyl adjacent to an activating group) is 1. The van der Waals surface area contributed by atoms with E-state index in [0.717, 1.165) is 19.0 Å². The Bertz CT molecular complexity index is 153. The summed E-state index contributed by atoms with van der Waals surface area (Å²) in [5, 5.41) is 0. The van der Waals surface area contributed by atoms with Gasteiger partial charge in [-0.15, -0.1) is 0 Å². The normalized spacial score (nSPS) is 29.1. The minimum absolute atomic E-state index is 0.301. The maximum atomic E-state index is 5.89. The van der Waals surface area contributed by atoms with Crippen molar-refractivity contribution in [2.75, 3.05) is 31.6 Å². The van der Waals surface area contributed by atoms with Crippen molar-refractivity contribution in [1.82, 2.24) is 4.90 Å². The van der Waals surface area contributed by atoms with Crippen LogP contribution in [0.5, 0.6) is 0 Å². The second-order valence-corrected chi connectivity index (χ2v) is 5.61. The van der Waals surface area contributed by atoms with E-state index in [1.807, 2.05) is 11.8 Å². The highest BCUT2D eigenvalue weighted by atomic mass is 32.2. The average Bonchev–Trinajstić information content (AvgIpc) is 2.51. The fourth-order valence-corrected chi connectivity index (χ4v) is 3.49. The summed E-state index contributed by atoms with van der Waals surface area (Å²) < 4.78 is 0. The Hall–Kier alpha value is 0.270. The summed E-state index contributed by atoms with van der Waals surface area (Å²) in [5.41, 5.74) is 6.19. The van der Waals surface area contributed by atoms with E-state index in [-0.39, 0.29) is 0 Å². The van der Waals surface area contributed by atoms with E-state index in [2.05, 4.69) is 25.8 Å². The highest BCUT2D eigenvalue weighted by Crippen LogP contribution is 2.32. The quantitative estimate of drug-likeness (QED) is 0.747. The molecule has 3 heteroatoms. The van der Waals surface area contributed by atoms with Crippen molar-refractivity contribution in [1.29, 1.82) is 0 Å². The molecule has 2 nitrogen and oxygen atoms in total. The molecule has 0 aromatic rings. The summed E-state index contributed by atoms with van der Waals surface area (Å²) in [6.45, 7) is 6.51. The van der Waals surface area contributed by atoms with Gasteiger partial charge in [0, 0.05) is 24.4 Å². The van der Waals surface area contributed by atoms with Crippen LogP contribution in [0.25, 0.3) is 0 Å². The Morgan fingerprint density at radius 1 is 1.54 bits per heavy atom. The van der Waals surface area contributed by atoms with Gasteiger partial charge in [-0.3, -0.25) is 4.90 Å². The monoisotopic (exact) mass is 202 g/mol. The van der Waals surface area contributed by atoms with Gasteiger partial charge in [-0.1, -0.05) is 13.8 Å². The van der Waals surface area contributed by atoms with Crippen LogP contribution < -0.4 is 5.73 Å². The smallest absolute Gasteiger partial charge is 0.0426 e. The van der Waals surface area contributed by atoms with Crippen molar-refractivity contribution in [3.05, 3.63) is 0 Å². The SMILES string of the molecule is CC(C)CN(C)C1(CN)CCSC1. The standard InChI is InChI=1S/C10H22N2S/c1-9(2)6-12(3)10(7-11)4-5-13-8-10/h9H,4-8,11H2,1-3H3. The van der Waals surface area contributed by atoms with E-state index in [1.165, 1.54) is 17.9 Å². The number of rotatable bonds is 4. The Morgan fingerprint density at radius 3 is 2.62 bits per heavy atom. The van der Waals surface area contributed by atoms with Gasteiger partial charge in [-0.05, 0) is 25.1 Å². The van der Waals surface area contributed by atoms with Crippen LogP contribution in [0.1, 0.15) is 20.3 Å². The minimum atomic E-state index is 0.301. The summed E-state index contributed by atoms with van der Waals surface area (Å²) in [5.74, 6) is 3.23. The Labute approximate surface area is 86.2 Å². The van der Waals surface area contributed by atoms with Gasteiger partial charge in [-0.25, -0.2) is 0 Å². The zero-order valence-corrected chi connectivity index (χ0v) is 9.86. The molecule has 1 saturated heterocycles. The van der Waals surface area contributed by atoms with Crippen LogP contribution >= 0.6 is 11.8 Å². The maximum absolute atomic E-state index is 5.89. The van der Waals surface area contributed by atoms with Crippen LogP contribution in [-0.2, 0) is 0 Å². The molecule has 0 radical (unpaired) electrons. The number of nitrogens with zero attached hydrogens (tertiary/aromatic N) is 1. The summed E-state index contributed by atoms with van der Waals surface area (Å²) in [7, 11) is 2.22. The fourth-order valence-electron chi connectivity index (χ4n) is 1.96. The van der Waals surface area contributed by atoms with E-state index in [9.17, 15) is 0 Å². The number of nitrogens with two attached hydrogens (primary N) is 1. The second-order valence-electron chi connectivity index (χ2n) is 4.51. The van der Waals surface area contributed by atoms with E-state index in [4.69, 9.17) is 5.73 Å². The summed E-state index contributed by atoms with van der Waals surface area (Å²) >= 11 is 2.04. The molecule has 0 aromatic heterocycles. The molecule has 1 atom stereocenters. The average molecular weight is 202 g/mol. The maximum Gasteiger partial charge on any atom is 0.0426 e. The third-order valence-corrected chi connectivity index (χ3v) is 4.15. The van der Waals surface area contributed by atoms with Crippen LogP contribution in [0.3, 0.4) is 0 Å². The molecule has 78 valence electrons. The molecular formula is C10H22N2S. The lowest BCUT2D eigenvalue weighted by atomic mass is 9.96. The van der Waals surface area contributed by atoms with Crippen molar-refractivity contribution in [2.45, 2.75) is 25.8 Å². The van der Waals surface area contributed by atoms with Crippen molar-refractivity contribution >= 4 is 11.8 Å². The van der Waals surface area contributed by atoms with Gasteiger partial charge in [-0.2, -0.15) is 11.8 Å². The molecule has 1 rings (SSSR count). The highest BCUT2D eigenvalue weighted by molar-refractivity contribution is 7.99. The van der Waals surface area contributed by atoms with Gasteiger partial charge >= 0.3 is 0 Å². The zero-order valence-electron chi connectivity index (χ0n) is 9.05. The Balaban J connectivity index is 2.54. The molecule has 1 heterocycles. The van der Waals surface area contributed by atoms with Gasteiger partial charge in [0.2, 0.25) is 0 Å². The van der Waals surface area contributed by atoms with Crippen molar-refractivity contribution in [3.63, 3.8) is 0 Å². The summed E-state index contributed by atoms with van der Waals surface area (Å²) in [4.78, 5) is 2.47. The first-order valence-corrected chi connectivity index (χ1v) is 6.25. The van der Waals surface area contributed by atoms with Gasteiger partial charge in [0.05, 0.1) is 0 Å². The molecule has 13 heavy (non-hydrogen) atoms. The number of thioether (sulfide) groups is 1. The fraction of sp³-hybridized carbons (Fsp3) is 1.00. The van der Waals surface area contributed by atoms with Crippen molar-refractivity contribution in [3.8, 4) is 0 Å². The first kappa shape index (κ1) is 11.3. The second kappa shape index (κ2) is 4.67. The van der Waals surface area contributed by atoms with Crippen molar-refractivity contribution in [2.24, 2.45) is 11.7 Å². The zero-order chi connectivity index (χ0) is 9.90. The molecule has 0 spiro atoms. The molecule has 1 unspecified atom stereocenters. The molecule has 0 bridgehead atoms. The minimum Gasteiger partial charge on any atom is -0.329 e. The van der Waals surface area contributed by atoms with E-state index < -0.39 is 0 Å². The van der Waals surface area contributed by atoms with Crippen LogP contribution in [0.4, 0.5) is 0 Å². The van der Waals surface area contributed by atoms with Gasteiger partial charge in [0.25, 0.3) is 0 Å². The lowest BCUT2D eigenvalue weighted by Gasteiger charge is -2.38. The molecule has 1 aliphatic heterocycles. The third-order valence-electron chi connectivity index (χ3n) is 2.91. The van der Waals surface area contributed by atoms with Crippen LogP contribution in [0, 0.1) is 5.92 Å². The predicted octanol–water partition coefficient (Wildman–Crippen LogP) is 1.41. The molecule has 1 fully saturated rings. The van der Waals surface area contributed by atoms with Gasteiger partial charge in [0.15, 0.2) is 0 Å². The van der Waals surface area contributed by atoms with Crippen LogP contribution in [0.15, 0.2) is 0 Å². The van der Waals surface area contributed by atoms with Crippen LogP contribution in [-0.4, -0.2) is 42.1 Å².